The fourth-order valence-electron chi connectivity index (χ4n) is 1.89. The molecule has 0 aliphatic heterocycles. The van der Waals surface area contributed by atoms with E-state index in [1.54, 1.807) is 0 Å². The van der Waals surface area contributed by atoms with Crippen molar-refractivity contribution in [2.45, 2.75) is 25.7 Å². The van der Waals surface area contributed by atoms with Crippen molar-refractivity contribution in [1.82, 2.24) is 0 Å². The molecule has 4 N–H and O–H groups in total. The smallest absolute Gasteiger partial charge is 0.00488 e. The highest BCUT2D eigenvalue weighted by Crippen LogP contribution is 2.31. The van der Waals surface area contributed by atoms with Crippen LogP contribution in [-0.2, 0) is 0 Å². The average molecular weight is 142 g/mol. The maximum atomic E-state index is 5.56. The van der Waals surface area contributed by atoms with Gasteiger partial charge >= 0.3 is 0 Å². The van der Waals surface area contributed by atoms with Crippen molar-refractivity contribution in [3.8, 4) is 0 Å². The molecule has 0 radical (unpaired) electrons. The molecule has 2 unspecified atom stereocenters. The van der Waals surface area contributed by atoms with E-state index in [9.17, 15) is 0 Å². The Morgan fingerprint density at radius 1 is 1.10 bits per heavy atom. The highest BCUT2D eigenvalue weighted by molar-refractivity contribution is 4.75. The van der Waals surface area contributed by atoms with Gasteiger partial charge in [-0.1, -0.05) is 6.42 Å². The molecular weight excluding hydrogens is 124 g/mol. The van der Waals surface area contributed by atoms with Gasteiger partial charge < -0.3 is 11.5 Å². The molecule has 1 fully saturated rings. The summed E-state index contributed by atoms with van der Waals surface area (Å²) in [4.78, 5) is 0. The molecule has 10 heavy (non-hydrogen) atoms. The van der Waals surface area contributed by atoms with Gasteiger partial charge in [0.05, 0.1) is 0 Å². The fraction of sp³-hybridized carbons (Fsp3) is 1.00. The lowest BCUT2D eigenvalue weighted by molar-refractivity contribution is 0.474. The van der Waals surface area contributed by atoms with Gasteiger partial charge in [0.25, 0.3) is 0 Å². The molecule has 1 aliphatic carbocycles. The van der Waals surface area contributed by atoms with E-state index in [1.165, 1.54) is 25.7 Å². The van der Waals surface area contributed by atoms with Crippen LogP contribution in [0.5, 0.6) is 0 Å². The molecule has 2 nitrogen and oxygen atoms in total. The molecule has 60 valence electrons. The van der Waals surface area contributed by atoms with E-state index >= 15 is 0 Å². The molecule has 0 aromatic carbocycles. The molecule has 1 aliphatic rings. The van der Waals surface area contributed by atoms with Gasteiger partial charge in [-0.3, -0.25) is 0 Å². The van der Waals surface area contributed by atoms with Crippen LogP contribution in [0.1, 0.15) is 25.7 Å². The van der Waals surface area contributed by atoms with E-state index in [-0.39, 0.29) is 0 Å². The first kappa shape index (κ1) is 8.02. The van der Waals surface area contributed by atoms with Gasteiger partial charge in [0, 0.05) is 0 Å². The second-order valence-corrected chi connectivity index (χ2v) is 3.36. The third kappa shape index (κ3) is 1.96. The topological polar surface area (TPSA) is 52.0 Å². The van der Waals surface area contributed by atoms with Crippen LogP contribution in [0.4, 0.5) is 0 Å². The summed E-state index contributed by atoms with van der Waals surface area (Å²) in [6.07, 6.45) is 5.23. The minimum absolute atomic E-state index is 0.802. The van der Waals surface area contributed by atoms with Crippen molar-refractivity contribution >= 4 is 0 Å². The van der Waals surface area contributed by atoms with Crippen LogP contribution in [0.2, 0.25) is 0 Å². The molecule has 0 amide bonds. The van der Waals surface area contributed by atoms with Gasteiger partial charge in [-0.2, -0.15) is 0 Å². The van der Waals surface area contributed by atoms with Crippen molar-refractivity contribution in [1.29, 1.82) is 0 Å². The lowest BCUT2D eigenvalue weighted by Crippen LogP contribution is -2.11. The summed E-state index contributed by atoms with van der Waals surface area (Å²) in [7, 11) is 0. The number of rotatable bonds is 3. The summed E-state index contributed by atoms with van der Waals surface area (Å²) in [6.45, 7) is 1.73. The Morgan fingerprint density at radius 3 is 2.30 bits per heavy atom. The van der Waals surface area contributed by atoms with E-state index in [0.717, 1.165) is 24.9 Å². The van der Waals surface area contributed by atoms with Crippen molar-refractivity contribution in [2.75, 3.05) is 13.1 Å². The molecule has 2 heteroatoms. The van der Waals surface area contributed by atoms with Crippen molar-refractivity contribution in [2.24, 2.45) is 23.3 Å². The van der Waals surface area contributed by atoms with E-state index in [2.05, 4.69) is 0 Å². The lowest BCUT2D eigenvalue weighted by Gasteiger charge is -2.07. The van der Waals surface area contributed by atoms with Gasteiger partial charge in [-0.05, 0) is 44.2 Å². The highest BCUT2D eigenvalue weighted by Gasteiger charge is 2.22. The fourth-order valence-corrected chi connectivity index (χ4v) is 1.89. The maximum Gasteiger partial charge on any atom is -0.00488 e. The minimum Gasteiger partial charge on any atom is -0.330 e. The molecule has 2 atom stereocenters. The summed E-state index contributed by atoms with van der Waals surface area (Å²) in [5, 5.41) is 0. The third-order valence-corrected chi connectivity index (χ3v) is 2.56. The van der Waals surface area contributed by atoms with Crippen LogP contribution < -0.4 is 11.5 Å². The SMILES string of the molecule is NCCC1CCC(CN)C1. The van der Waals surface area contributed by atoms with Crippen LogP contribution in [0.3, 0.4) is 0 Å². The standard InChI is InChI=1S/C8H18N2/c9-4-3-7-1-2-8(5-7)6-10/h7-8H,1-6,9-10H2. The summed E-state index contributed by atoms with van der Waals surface area (Å²) in [5.41, 5.74) is 11.0. The first-order chi connectivity index (χ1) is 4.86. The summed E-state index contributed by atoms with van der Waals surface area (Å²) >= 11 is 0. The molecule has 0 heterocycles. The largest absolute Gasteiger partial charge is 0.330 e. The number of hydrogen-bond acceptors (Lipinski definition) is 2. The van der Waals surface area contributed by atoms with Crippen molar-refractivity contribution < 1.29 is 0 Å². The van der Waals surface area contributed by atoms with Crippen LogP contribution in [0.15, 0.2) is 0 Å². The van der Waals surface area contributed by atoms with Crippen LogP contribution in [-0.4, -0.2) is 13.1 Å². The van der Waals surface area contributed by atoms with Gasteiger partial charge in [0.1, 0.15) is 0 Å². The lowest BCUT2D eigenvalue weighted by atomic mass is 10.0. The normalized spacial score (nSPS) is 33.0. The summed E-state index contributed by atoms with van der Waals surface area (Å²) in [6, 6.07) is 0. The van der Waals surface area contributed by atoms with E-state index in [4.69, 9.17) is 11.5 Å². The Hall–Kier alpha value is -0.0800. The first-order valence-electron chi connectivity index (χ1n) is 4.27. The van der Waals surface area contributed by atoms with Crippen LogP contribution >= 0.6 is 0 Å². The Bertz CT molecular complexity index is 93.3. The average Bonchev–Trinajstić information content (AvgIpc) is 2.37. The molecule has 1 rings (SSSR count). The number of nitrogens with two attached hydrogens (primary N) is 2. The zero-order valence-corrected chi connectivity index (χ0v) is 6.55. The van der Waals surface area contributed by atoms with E-state index < -0.39 is 0 Å². The number of hydrogen-bond donors (Lipinski definition) is 2. The molecule has 0 bridgehead atoms. The molecule has 0 spiro atoms. The van der Waals surface area contributed by atoms with Crippen molar-refractivity contribution in [3.05, 3.63) is 0 Å². The first-order valence-corrected chi connectivity index (χ1v) is 4.27. The van der Waals surface area contributed by atoms with Gasteiger partial charge in [-0.15, -0.1) is 0 Å². The maximum absolute atomic E-state index is 5.56. The van der Waals surface area contributed by atoms with E-state index in [0.29, 0.717) is 0 Å². The molecule has 0 saturated heterocycles. The Labute approximate surface area is 63.0 Å². The molecule has 1 saturated carbocycles. The van der Waals surface area contributed by atoms with Crippen molar-refractivity contribution in [3.63, 3.8) is 0 Å². The van der Waals surface area contributed by atoms with Gasteiger partial charge in [-0.25, -0.2) is 0 Å². The van der Waals surface area contributed by atoms with Crippen LogP contribution in [0, 0.1) is 11.8 Å². The highest BCUT2D eigenvalue weighted by atomic mass is 14.6. The summed E-state index contributed by atoms with van der Waals surface area (Å²) in [5.74, 6) is 1.69. The molecular formula is C8H18N2. The quantitative estimate of drug-likeness (QED) is 0.609. The minimum atomic E-state index is 0.802. The Kier molecular flexibility index (Phi) is 3.16. The molecule has 0 aromatic rings. The summed E-state index contributed by atoms with van der Waals surface area (Å²) < 4.78 is 0. The van der Waals surface area contributed by atoms with E-state index in [1.807, 2.05) is 0 Å². The van der Waals surface area contributed by atoms with Gasteiger partial charge in [0.15, 0.2) is 0 Å². The monoisotopic (exact) mass is 142 g/mol. The van der Waals surface area contributed by atoms with Gasteiger partial charge in [0.2, 0.25) is 0 Å². The Balaban J connectivity index is 2.15. The predicted octanol–water partition coefficient (Wildman–Crippen LogP) is 0.710. The second-order valence-electron chi connectivity index (χ2n) is 3.36. The predicted molar refractivity (Wildman–Crippen MR) is 43.6 cm³/mol. The Morgan fingerprint density at radius 2 is 1.80 bits per heavy atom. The third-order valence-electron chi connectivity index (χ3n) is 2.56. The van der Waals surface area contributed by atoms with Crippen LogP contribution in [0.25, 0.3) is 0 Å². The zero-order valence-electron chi connectivity index (χ0n) is 6.55. The second kappa shape index (κ2) is 3.94. The zero-order chi connectivity index (χ0) is 7.40. The molecule has 0 aromatic heterocycles.